The van der Waals surface area contributed by atoms with Crippen molar-refractivity contribution < 1.29 is 18.0 Å². The van der Waals surface area contributed by atoms with Crippen LogP contribution in [0.5, 0.6) is 0 Å². The lowest BCUT2D eigenvalue weighted by Gasteiger charge is -2.21. The molecule has 0 aromatic heterocycles. The van der Waals surface area contributed by atoms with Crippen molar-refractivity contribution in [1.82, 2.24) is 4.90 Å². The predicted octanol–water partition coefficient (Wildman–Crippen LogP) is 2.49. The second-order valence-electron chi connectivity index (χ2n) is 4.25. The van der Waals surface area contributed by atoms with E-state index < -0.39 is 17.2 Å². The van der Waals surface area contributed by atoms with Crippen LogP contribution in [0.4, 0.5) is 13.2 Å². The SMILES string of the molecule is CC(C)C(N)CCN(C)C(=O)CSC(F)(F)F.Cl. The van der Waals surface area contributed by atoms with Crippen LogP contribution >= 0.6 is 24.2 Å². The van der Waals surface area contributed by atoms with Crippen LogP contribution in [0.3, 0.4) is 0 Å². The van der Waals surface area contributed by atoms with Gasteiger partial charge >= 0.3 is 5.51 Å². The molecule has 2 N–H and O–H groups in total. The molecule has 0 saturated carbocycles. The van der Waals surface area contributed by atoms with Gasteiger partial charge < -0.3 is 10.6 Å². The van der Waals surface area contributed by atoms with Gasteiger partial charge in [0, 0.05) is 19.6 Å². The smallest absolute Gasteiger partial charge is 0.345 e. The standard InChI is InChI=1S/C10H19F3N2OS.ClH/c1-7(2)8(14)4-5-15(3)9(16)6-17-10(11,12)13;/h7-8H,4-6,14H2,1-3H3;1H. The van der Waals surface area contributed by atoms with E-state index in [2.05, 4.69) is 0 Å². The van der Waals surface area contributed by atoms with E-state index in [4.69, 9.17) is 5.73 Å². The molecule has 0 aliphatic rings. The summed E-state index contributed by atoms with van der Waals surface area (Å²) in [6.07, 6.45) is 0.594. The first kappa shape index (κ1) is 20.2. The number of carbonyl (C=O) groups excluding carboxylic acids is 1. The van der Waals surface area contributed by atoms with E-state index in [1.807, 2.05) is 13.8 Å². The Morgan fingerprint density at radius 3 is 2.28 bits per heavy atom. The van der Waals surface area contributed by atoms with Crippen LogP contribution in [0.2, 0.25) is 0 Å². The predicted molar refractivity (Wildman–Crippen MR) is 70.8 cm³/mol. The summed E-state index contributed by atoms with van der Waals surface area (Å²) in [5, 5.41) is 0. The molecule has 0 spiro atoms. The van der Waals surface area contributed by atoms with Crippen molar-refractivity contribution in [3.63, 3.8) is 0 Å². The number of hydrogen-bond donors (Lipinski definition) is 1. The molecule has 110 valence electrons. The maximum absolute atomic E-state index is 11.9. The van der Waals surface area contributed by atoms with Crippen molar-refractivity contribution in [2.24, 2.45) is 11.7 Å². The number of hydrogen-bond acceptors (Lipinski definition) is 3. The number of nitrogens with zero attached hydrogens (tertiary/aromatic N) is 1. The first-order chi connectivity index (χ1) is 7.63. The van der Waals surface area contributed by atoms with Gasteiger partial charge in [0.2, 0.25) is 5.91 Å². The van der Waals surface area contributed by atoms with Gasteiger partial charge in [0.15, 0.2) is 0 Å². The summed E-state index contributed by atoms with van der Waals surface area (Å²) < 4.78 is 35.6. The Bertz CT molecular complexity index is 252. The molecule has 0 bridgehead atoms. The highest BCUT2D eigenvalue weighted by Gasteiger charge is 2.29. The minimum absolute atomic E-state index is 0. The molecule has 0 aliphatic carbocycles. The second-order valence-corrected chi connectivity index (χ2v) is 5.29. The van der Waals surface area contributed by atoms with Crippen LogP contribution in [-0.4, -0.2) is 41.7 Å². The minimum Gasteiger partial charge on any atom is -0.345 e. The molecule has 0 radical (unpaired) electrons. The molecular weight excluding hydrogens is 289 g/mol. The number of alkyl halides is 3. The minimum atomic E-state index is -4.36. The zero-order valence-corrected chi connectivity index (χ0v) is 12.3. The van der Waals surface area contributed by atoms with Gasteiger partial charge in [0.05, 0.1) is 5.75 Å². The summed E-state index contributed by atoms with van der Waals surface area (Å²) >= 11 is -0.312. The Morgan fingerprint density at radius 2 is 1.89 bits per heavy atom. The summed E-state index contributed by atoms with van der Waals surface area (Å²) in [6, 6.07) is -0.0412. The molecule has 0 fully saturated rings. The number of thioether (sulfide) groups is 1. The first-order valence-electron chi connectivity index (χ1n) is 5.33. The van der Waals surface area contributed by atoms with Gasteiger partial charge in [0.25, 0.3) is 0 Å². The van der Waals surface area contributed by atoms with Crippen molar-refractivity contribution in [2.45, 2.75) is 31.8 Å². The quantitative estimate of drug-likeness (QED) is 0.820. The molecule has 0 heterocycles. The topological polar surface area (TPSA) is 46.3 Å². The number of rotatable bonds is 6. The van der Waals surface area contributed by atoms with E-state index in [0.29, 0.717) is 18.9 Å². The molecule has 18 heavy (non-hydrogen) atoms. The van der Waals surface area contributed by atoms with Crippen molar-refractivity contribution in [2.75, 3.05) is 19.3 Å². The van der Waals surface area contributed by atoms with Gasteiger partial charge in [-0.2, -0.15) is 13.2 Å². The number of amides is 1. The van der Waals surface area contributed by atoms with Crippen molar-refractivity contribution in [3.05, 3.63) is 0 Å². The molecule has 8 heteroatoms. The maximum atomic E-state index is 11.9. The zero-order chi connectivity index (χ0) is 13.6. The van der Waals surface area contributed by atoms with Crippen molar-refractivity contribution in [3.8, 4) is 0 Å². The molecule has 1 atom stereocenters. The fourth-order valence-corrected chi connectivity index (χ4v) is 1.56. The average molecular weight is 309 g/mol. The third-order valence-corrected chi connectivity index (χ3v) is 3.16. The van der Waals surface area contributed by atoms with E-state index in [1.54, 1.807) is 0 Å². The molecule has 0 saturated heterocycles. The van der Waals surface area contributed by atoms with Crippen LogP contribution in [-0.2, 0) is 4.79 Å². The summed E-state index contributed by atoms with van der Waals surface area (Å²) in [5.41, 5.74) is 1.43. The maximum Gasteiger partial charge on any atom is 0.442 e. The second kappa shape index (κ2) is 8.87. The van der Waals surface area contributed by atoms with Crippen molar-refractivity contribution in [1.29, 1.82) is 0 Å². The summed E-state index contributed by atoms with van der Waals surface area (Å²) in [7, 11) is 1.49. The molecule has 3 nitrogen and oxygen atoms in total. The van der Waals surface area contributed by atoms with Gasteiger partial charge in [-0.15, -0.1) is 12.4 Å². The lowest BCUT2D eigenvalue weighted by Crippen LogP contribution is -2.35. The normalized spacial score (nSPS) is 13.1. The van der Waals surface area contributed by atoms with Crippen molar-refractivity contribution >= 4 is 30.1 Å². The van der Waals surface area contributed by atoms with Gasteiger partial charge in [-0.1, -0.05) is 13.8 Å². The van der Waals surface area contributed by atoms with Crippen LogP contribution in [0.15, 0.2) is 0 Å². The molecule has 1 unspecified atom stereocenters. The fourth-order valence-electron chi connectivity index (χ4n) is 1.05. The molecule has 0 aliphatic heterocycles. The zero-order valence-electron chi connectivity index (χ0n) is 10.7. The van der Waals surface area contributed by atoms with E-state index in [-0.39, 0.29) is 30.2 Å². The average Bonchev–Trinajstić information content (AvgIpc) is 2.20. The summed E-state index contributed by atoms with van der Waals surface area (Å²) in [5.74, 6) is -0.803. The number of nitrogens with two attached hydrogens (primary N) is 1. The molecule has 0 aromatic rings. The molecule has 1 amide bonds. The molecule has 0 rings (SSSR count). The Balaban J connectivity index is 0. The first-order valence-corrected chi connectivity index (χ1v) is 6.32. The summed E-state index contributed by atoms with van der Waals surface area (Å²) in [4.78, 5) is 12.6. The monoisotopic (exact) mass is 308 g/mol. The van der Waals surface area contributed by atoms with Gasteiger partial charge in [0.1, 0.15) is 0 Å². The number of halogens is 4. The highest BCUT2D eigenvalue weighted by Crippen LogP contribution is 2.29. The van der Waals surface area contributed by atoms with Crippen LogP contribution in [0.1, 0.15) is 20.3 Å². The van der Waals surface area contributed by atoms with E-state index >= 15 is 0 Å². The van der Waals surface area contributed by atoms with E-state index in [0.717, 1.165) is 0 Å². The summed E-state index contributed by atoms with van der Waals surface area (Å²) in [6.45, 7) is 4.31. The lowest BCUT2D eigenvalue weighted by molar-refractivity contribution is -0.127. The van der Waals surface area contributed by atoms with E-state index in [9.17, 15) is 18.0 Å². The molecular formula is C10H20ClF3N2OS. The fraction of sp³-hybridized carbons (Fsp3) is 0.900. The molecule has 0 aromatic carbocycles. The van der Waals surface area contributed by atoms with Gasteiger partial charge in [-0.25, -0.2) is 0 Å². The Labute approximate surface area is 116 Å². The highest BCUT2D eigenvalue weighted by molar-refractivity contribution is 8.00. The Hall–Kier alpha value is -0.140. The van der Waals surface area contributed by atoms with Crippen LogP contribution in [0.25, 0.3) is 0 Å². The third kappa shape index (κ3) is 9.85. The van der Waals surface area contributed by atoms with E-state index in [1.165, 1.54) is 11.9 Å². The highest BCUT2D eigenvalue weighted by atomic mass is 35.5. The van der Waals surface area contributed by atoms with Crippen LogP contribution in [0, 0.1) is 5.92 Å². The Morgan fingerprint density at radius 1 is 1.39 bits per heavy atom. The van der Waals surface area contributed by atoms with Crippen LogP contribution < -0.4 is 5.73 Å². The lowest BCUT2D eigenvalue weighted by atomic mass is 10.0. The Kier molecular flexibility index (Phi) is 9.95. The van der Waals surface area contributed by atoms with Gasteiger partial charge in [-0.05, 0) is 24.1 Å². The third-order valence-electron chi connectivity index (χ3n) is 2.44. The van der Waals surface area contributed by atoms with Gasteiger partial charge in [-0.3, -0.25) is 4.79 Å². The number of carbonyl (C=O) groups is 1. The largest absolute Gasteiger partial charge is 0.442 e.